The van der Waals surface area contributed by atoms with Crippen molar-refractivity contribution in [3.05, 3.63) is 71.9 Å². The average Bonchev–Trinajstić information content (AvgIpc) is 3.71. The fourth-order valence-corrected chi connectivity index (χ4v) is 5.42. The van der Waals surface area contributed by atoms with Crippen molar-refractivity contribution >= 4 is 34.5 Å². The Morgan fingerprint density at radius 2 is 1.82 bits per heavy atom. The van der Waals surface area contributed by atoms with Crippen molar-refractivity contribution in [2.75, 3.05) is 13.1 Å². The molecule has 2 aromatic carbocycles. The Morgan fingerprint density at radius 3 is 2.56 bits per heavy atom. The average molecular weight is 532 g/mol. The van der Waals surface area contributed by atoms with E-state index in [0.717, 1.165) is 16.5 Å². The van der Waals surface area contributed by atoms with Gasteiger partial charge in [-0.15, -0.1) is 0 Å². The molecule has 39 heavy (non-hydrogen) atoms. The van der Waals surface area contributed by atoms with E-state index in [1.807, 2.05) is 54.6 Å². The Hall–Kier alpha value is -4.18. The smallest absolute Gasteiger partial charge is 0.270 e. The summed E-state index contributed by atoms with van der Waals surface area (Å²) in [6.45, 7) is 1.15. The normalized spacial score (nSPS) is 20.4. The van der Waals surface area contributed by atoms with Crippen LogP contribution in [-0.2, 0) is 20.9 Å². The van der Waals surface area contributed by atoms with E-state index in [1.54, 1.807) is 6.07 Å². The van der Waals surface area contributed by atoms with Crippen LogP contribution in [0.5, 0.6) is 0 Å². The van der Waals surface area contributed by atoms with Crippen molar-refractivity contribution in [3.63, 3.8) is 0 Å². The van der Waals surface area contributed by atoms with Gasteiger partial charge in [-0.05, 0) is 43.4 Å². The first-order chi connectivity index (χ1) is 18.9. The Morgan fingerprint density at radius 1 is 1.05 bits per heavy atom. The lowest BCUT2D eigenvalue weighted by molar-refractivity contribution is -0.134. The summed E-state index contributed by atoms with van der Waals surface area (Å²) in [6, 6.07) is 16.9. The maximum atomic E-state index is 13.5. The number of aliphatic hydroxyl groups excluding tert-OH is 1. The van der Waals surface area contributed by atoms with Crippen LogP contribution in [0.1, 0.15) is 41.7 Å². The number of aliphatic hydroxyl groups is 1. The molecule has 2 aliphatic rings. The first-order valence-corrected chi connectivity index (χ1v) is 13.4. The number of benzene rings is 2. The Kier molecular flexibility index (Phi) is 7.92. The van der Waals surface area contributed by atoms with Crippen molar-refractivity contribution in [1.29, 1.82) is 0 Å². The van der Waals surface area contributed by atoms with Crippen LogP contribution in [0.25, 0.3) is 10.9 Å². The fourth-order valence-electron chi connectivity index (χ4n) is 5.42. The van der Waals surface area contributed by atoms with Gasteiger partial charge in [0.15, 0.2) is 6.10 Å². The van der Waals surface area contributed by atoms with Gasteiger partial charge in [-0.2, -0.15) is 0 Å². The number of hydrogen-bond acceptors (Lipinski definition) is 5. The van der Waals surface area contributed by atoms with E-state index in [9.17, 15) is 24.3 Å². The number of hydrogen-bond donors (Lipinski definition) is 5. The largest absolute Gasteiger partial charge is 0.381 e. The molecule has 2 aliphatic heterocycles. The Bertz CT molecular complexity index is 1320. The molecular formula is C29H33N5O5. The highest BCUT2D eigenvalue weighted by Gasteiger charge is 2.39. The minimum Gasteiger partial charge on any atom is -0.381 e. The third-order valence-electron chi connectivity index (χ3n) is 7.56. The van der Waals surface area contributed by atoms with Gasteiger partial charge in [-0.1, -0.05) is 48.5 Å². The van der Waals surface area contributed by atoms with Gasteiger partial charge in [-0.25, -0.2) is 0 Å². The molecule has 5 rings (SSSR count). The van der Waals surface area contributed by atoms with Crippen molar-refractivity contribution in [2.24, 2.45) is 5.92 Å². The third kappa shape index (κ3) is 5.96. The molecule has 2 fully saturated rings. The third-order valence-corrected chi connectivity index (χ3v) is 7.56. The summed E-state index contributed by atoms with van der Waals surface area (Å²) in [5.74, 6) is -1.96. The predicted octanol–water partition coefficient (Wildman–Crippen LogP) is 1.46. The maximum Gasteiger partial charge on any atom is 0.270 e. The molecule has 3 heterocycles. The van der Waals surface area contributed by atoms with E-state index in [1.165, 1.54) is 4.90 Å². The first-order valence-electron chi connectivity index (χ1n) is 13.4. The number of nitrogens with one attached hydrogen (secondary N) is 4. The zero-order valence-electron chi connectivity index (χ0n) is 21.6. The van der Waals surface area contributed by atoms with Crippen LogP contribution in [0.3, 0.4) is 0 Å². The molecule has 3 aromatic rings. The molecular weight excluding hydrogens is 498 g/mol. The van der Waals surface area contributed by atoms with Crippen molar-refractivity contribution in [1.82, 2.24) is 25.8 Å². The van der Waals surface area contributed by atoms with Gasteiger partial charge in [0.25, 0.3) is 11.8 Å². The van der Waals surface area contributed by atoms with Gasteiger partial charge in [0.1, 0.15) is 11.7 Å². The molecule has 204 valence electrons. The second-order valence-electron chi connectivity index (χ2n) is 10.2. The second-order valence-corrected chi connectivity index (χ2v) is 10.2. The molecule has 5 N–H and O–H groups in total. The van der Waals surface area contributed by atoms with E-state index < -0.39 is 35.9 Å². The molecule has 2 unspecified atom stereocenters. The van der Waals surface area contributed by atoms with Gasteiger partial charge in [0.2, 0.25) is 11.8 Å². The SMILES string of the molecule is O=C(NCc1ccccc1)C(O)C(C[C@@H]1CCNC1=O)NC(=O)[C@@H]1CCCN1C(=O)c1cc2ccccc2[nH]1. The van der Waals surface area contributed by atoms with Crippen LogP contribution >= 0.6 is 0 Å². The van der Waals surface area contributed by atoms with Crippen molar-refractivity contribution in [2.45, 2.75) is 50.4 Å². The number of para-hydroxylation sites is 1. The van der Waals surface area contributed by atoms with Crippen LogP contribution in [0, 0.1) is 5.92 Å². The molecule has 2 saturated heterocycles. The number of rotatable bonds is 9. The van der Waals surface area contributed by atoms with Crippen LogP contribution < -0.4 is 16.0 Å². The van der Waals surface area contributed by atoms with Crippen LogP contribution in [-0.4, -0.2) is 69.9 Å². The standard InChI is InChI=1S/C29H33N5O5/c35-25(28(38)31-17-18-7-2-1-3-8-18)22(16-20-12-13-30-26(20)36)33-27(37)24-11-6-14-34(24)29(39)23-15-19-9-4-5-10-21(19)32-23/h1-5,7-10,15,20,22,24-25,32,35H,6,11-14,16-17H2,(H,30,36)(H,31,38)(H,33,37)/t20-,22?,24-,25?/m0/s1. The number of aromatic amines is 1. The number of nitrogens with zero attached hydrogens (tertiary/aromatic N) is 1. The zero-order chi connectivity index (χ0) is 27.4. The quantitative estimate of drug-likeness (QED) is 0.284. The maximum absolute atomic E-state index is 13.5. The lowest BCUT2D eigenvalue weighted by Gasteiger charge is -2.29. The minimum atomic E-state index is -1.56. The van der Waals surface area contributed by atoms with Crippen LogP contribution in [0.15, 0.2) is 60.7 Å². The van der Waals surface area contributed by atoms with Gasteiger partial charge >= 0.3 is 0 Å². The molecule has 10 nitrogen and oxygen atoms in total. The first kappa shape index (κ1) is 26.4. The number of fused-ring (bicyclic) bond motifs is 1. The Balaban J connectivity index is 1.28. The number of amides is 4. The number of aromatic nitrogens is 1. The van der Waals surface area contributed by atoms with Crippen LogP contribution in [0.4, 0.5) is 0 Å². The molecule has 0 aliphatic carbocycles. The summed E-state index contributed by atoms with van der Waals surface area (Å²) in [7, 11) is 0. The summed E-state index contributed by atoms with van der Waals surface area (Å²) < 4.78 is 0. The lowest BCUT2D eigenvalue weighted by atomic mass is 9.94. The van der Waals surface area contributed by atoms with Gasteiger partial charge < -0.3 is 30.9 Å². The summed E-state index contributed by atoms with van der Waals surface area (Å²) in [4.78, 5) is 56.6. The summed E-state index contributed by atoms with van der Waals surface area (Å²) in [6.07, 6.45) is 0.216. The molecule has 10 heteroatoms. The van der Waals surface area contributed by atoms with E-state index in [0.29, 0.717) is 38.0 Å². The molecule has 1 aromatic heterocycles. The van der Waals surface area contributed by atoms with E-state index in [-0.39, 0.29) is 24.8 Å². The highest BCUT2D eigenvalue weighted by atomic mass is 16.3. The van der Waals surface area contributed by atoms with Crippen LogP contribution in [0.2, 0.25) is 0 Å². The number of carbonyl (C=O) groups excluding carboxylic acids is 4. The minimum absolute atomic E-state index is 0.111. The second kappa shape index (κ2) is 11.7. The molecule has 0 radical (unpaired) electrons. The fraction of sp³-hybridized carbons (Fsp3) is 0.379. The molecule has 4 amide bonds. The Labute approximate surface area is 226 Å². The highest BCUT2D eigenvalue weighted by Crippen LogP contribution is 2.24. The van der Waals surface area contributed by atoms with Gasteiger partial charge in [0, 0.05) is 36.5 Å². The molecule has 0 saturated carbocycles. The van der Waals surface area contributed by atoms with Gasteiger partial charge in [0.05, 0.1) is 6.04 Å². The predicted molar refractivity (Wildman–Crippen MR) is 144 cm³/mol. The summed E-state index contributed by atoms with van der Waals surface area (Å²) in [5.41, 5.74) is 2.10. The monoisotopic (exact) mass is 531 g/mol. The lowest BCUT2D eigenvalue weighted by Crippen LogP contribution is -2.55. The topological polar surface area (TPSA) is 144 Å². The zero-order valence-corrected chi connectivity index (χ0v) is 21.6. The molecule has 0 bridgehead atoms. The summed E-state index contributed by atoms with van der Waals surface area (Å²) in [5, 5.41) is 20.2. The number of carbonyl (C=O) groups is 4. The van der Waals surface area contributed by atoms with E-state index >= 15 is 0 Å². The number of likely N-dealkylation sites (tertiary alicyclic amines) is 1. The highest BCUT2D eigenvalue weighted by molar-refractivity contribution is 6.00. The molecule has 0 spiro atoms. The van der Waals surface area contributed by atoms with E-state index in [4.69, 9.17) is 0 Å². The summed E-state index contributed by atoms with van der Waals surface area (Å²) >= 11 is 0. The molecule has 4 atom stereocenters. The van der Waals surface area contributed by atoms with Gasteiger partial charge in [-0.3, -0.25) is 19.2 Å². The van der Waals surface area contributed by atoms with Crippen molar-refractivity contribution < 1.29 is 24.3 Å². The van der Waals surface area contributed by atoms with Crippen molar-refractivity contribution in [3.8, 4) is 0 Å². The van der Waals surface area contributed by atoms with E-state index in [2.05, 4.69) is 20.9 Å². The number of H-pyrrole nitrogens is 1.